The summed E-state index contributed by atoms with van der Waals surface area (Å²) in [4.78, 5) is 29.8. The molecule has 2 aliphatic rings. The topological polar surface area (TPSA) is 79.2 Å². The van der Waals surface area contributed by atoms with Gasteiger partial charge in [0.15, 0.2) is 0 Å². The predicted octanol–water partition coefficient (Wildman–Crippen LogP) is 4.40. The lowest BCUT2D eigenvalue weighted by molar-refractivity contribution is -0.385. The normalized spacial score (nSPS) is 18.3. The molecule has 0 radical (unpaired) electrons. The second-order valence-corrected chi connectivity index (χ2v) is 9.36. The molecule has 0 aliphatic carbocycles. The average molecular weight is 443 g/mol. The standard InChI is InChI=1S/C24H34N4O4/c1-6-18-17-22(28(30)31)19(7-2)16-21(18)26-10-8-20(9-11-26)25-12-14-27(15-13-25)23(29)32-24(3,4)5/h6-7,16-17,20H,1-2,8-15H2,3-5H3. The highest BCUT2D eigenvalue weighted by Gasteiger charge is 2.31. The Balaban J connectivity index is 1.59. The van der Waals surface area contributed by atoms with Crippen molar-refractivity contribution in [2.45, 2.75) is 45.3 Å². The summed E-state index contributed by atoms with van der Waals surface area (Å²) in [6.07, 6.45) is 4.98. The van der Waals surface area contributed by atoms with E-state index in [-0.39, 0.29) is 16.7 Å². The number of piperidine rings is 1. The van der Waals surface area contributed by atoms with Gasteiger partial charge in [-0.15, -0.1) is 0 Å². The van der Waals surface area contributed by atoms with E-state index in [2.05, 4.69) is 23.0 Å². The van der Waals surface area contributed by atoms with Gasteiger partial charge in [0.2, 0.25) is 0 Å². The zero-order valence-electron chi connectivity index (χ0n) is 19.4. The number of nitrogens with zero attached hydrogens (tertiary/aromatic N) is 4. The van der Waals surface area contributed by atoms with Crippen molar-refractivity contribution >= 4 is 29.6 Å². The first-order valence-corrected chi connectivity index (χ1v) is 11.2. The van der Waals surface area contributed by atoms with Crippen LogP contribution >= 0.6 is 0 Å². The minimum atomic E-state index is -0.478. The fourth-order valence-electron chi connectivity index (χ4n) is 4.44. The third-order valence-electron chi connectivity index (χ3n) is 6.10. The Labute approximate surface area is 190 Å². The summed E-state index contributed by atoms with van der Waals surface area (Å²) in [5.41, 5.74) is 1.84. The molecule has 0 atom stereocenters. The van der Waals surface area contributed by atoms with E-state index < -0.39 is 5.60 Å². The van der Waals surface area contributed by atoms with E-state index in [1.807, 2.05) is 26.8 Å². The molecule has 1 amide bonds. The molecule has 0 aromatic heterocycles. The third kappa shape index (κ3) is 5.48. The summed E-state index contributed by atoms with van der Waals surface area (Å²) in [7, 11) is 0. The van der Waals surface area contributed by atoms with Gasteiger partial charge in [-0.1, -0.05) is 25.3 Å². The predicted molar refractivity (Wildman–Crippen MR) is 128 cm³/mol. The van der Waals surface area contributed by atoms with Crippen molar-refractivity contribution in [3.05, 3.63) is 46.5 Å². The highest BCUT2D eigenvalue weighted by Crippen LogP contribution is 2.33. The van der Waals surface area contributed by atoms with Crippen LogP contribution in [0.2, 0.25) is 0 Å². The molecular weight excluding hydrogens is 408 g/mol. The Morgan fingerprint density at radius 3 is 2.16 bits per heavy atom. The van der Waals surface area contributed by atoms with Crippen molar-refractivity contribution in [3.8, 4) is 0 Å². The molecular formula is C24H34N4O4. The highest BCUT2D eigenvalue weighted by molar-refractivity contribution is 5.76. The molecule has 0 bridgehead atoms. The van der Waals surface area contributed by atoms with Crippen LogP contribution < -0.4 is 4.90 Å². The Morgan fingerprint density at radius 2 is 1.66 bits per heavy atom. The maximum atomic E-state index is 12.3. The Hall–Kier alpha value is -2.87. The number of hydrogen-bond acceptors (Lipinski definition) is 6. The van der Waals surface area contributed by atoms with E-state index in [1.54, 1.807) is 17.0 Å². The van der Waals surface area contributed by atoms with Crippen molar-refractivity contribution in [2.75, 3.05) is 44.2 Å². The molecule has 1 aromatic carbocycles. The molecule has 8 nitrogen and oxygen atoms in total. The van der Waals surface area contributed by atoms with Gasteiger partial charge in [-0.2, -0.15) is 0 Å². The van der Waals surface area contributed by atoms with Crippen LogP contribution in [0, 0.1) is 10.1 Å². The number of amides is 1. The summed E-state index contributed by atoms with van der Waals surface area (Å²) in [5, 5.41) is 11.4. The van der Waals surface area contributed by atoms with E-state index >= 15 is 0 Å². The number of piperazine rings is 1. The number of anilines is 1. The van der Waals surface area contributed by atoms with Gasteiger partial charge in [0.1, 0.15) is 5.60 Å². The minimum Gasteiger partial charge on any atom is -0.444 e. The van der Waals surface area contributed by atoms with Crippen LogP contribution in [0.4, 0.5) is 16.2 Å². The Morgan fingerprint density at radius 1 is 1.06 bits per heavy atom. The Kier molecular flexibility index (Phi) is 7.23. The molecule has 0 saturated carbocycles. The highest BCUT2D eigenvalue weighted by atomic mass is 16.6. The largest absolute Gasteiger partial charge is 0.444 e. The van der Waals surface area contributed by atoms with E-state index in [1.165, 1.54) is 6.08 Å². The molecule has 1 aromatic rings. The molecule has 2 fully saturated rings. The van der Waals surface area contributed by atoms with Crippen LogP contribution in [0.25, 0.3) is 12.2 Å². The van der Waals surface area contributed by atoms with Gasteiger partial charge in [0.05, 0.1) is 10.5 Å². The molecule has 2 aliphatic heterocycles. The second kappa shape index (κ2) is 9.73. The van der Waals surface area contributed by atoms with Crippen LogP contribution in [-0.2, 0) is 4.74 Å². The first-order chi connectivity index (χ1) is 15.1. The number of benzene rings is 1. The zero-order valence-corrected chi connectivity index (χ0v) is 19.4. The van der Waals surface area contributed by atoms with Crippen LogP contribution in [0.1, 0.15) is 44.7 Å². The maximum absolute atomic E-state index is 12.3. The fraction of sp³-hybridized carbons (Fsp3) is 0.542. The van der Waals surface area contributed by atoms with E-state index in [9.17, 15) is 14.9 Å². The van der Waals surface area contributed by atoms with Crippen molar-refractivity contribution in [2.24, 2.45) is 0 Å². The van der Waals surface area contributed by atoms with E-state index in [0.29, 0.717) is 24.7 Å². The zero-order chi connectivity index (χ0) is 23.5. The maximum Gasteiger partial charge on any atom is 0.410 e. The van der Waals surface area contributed by atoms with Crippen LogP contribution in [-0.4, -0.2) is 71.7 Å². The van der Waals surface area contributed by atoms with Crippen molar-refractivity contribution in [1.29, 1.82) is 0 Å². The third-order valence-corrected chi connectivity index (χ3v) is 6.10. The summed E-state index contributed by atoms with van der Waals surface area (Å²) < 4.78 is 5.49. The molecule has 2 saturated heterocycles. The minimum absolute atomic E-state index is 0.0522. The lowest BCUT2D eigenvalue weighted by atomic mass is 9.99. The fourth-order valence-corrected chi connectivity index (χ4v) is 4.44. The van der Waals surface area contributed by atoms with Crippen LogP contribution in [0.15, 0.2) is 25.3 Å². The summed E-state index contributed by atoms with van der Waals surface area (Å²) >= 11 is 0. The van der Waals surface area contributed by atoms with Gasteiger partial charge in [0, 0.05) is 62.6 Å². The second-order valence-electron chi connectivity index (χ2n) is 9.36. The van der Waals surface area contributed by atoms with Gasteiger partial charge >= 0.3 is 6.09 Å². The van der Waals surface area contributed by atoms with Crippen LogP contribution in [0.5, 0.6) is 0 Å². The van der Waals surface area contributed by atoms with E-state index in [0.717, 1.165) is 50.3 Å². The number of rotatable bonds is 5. The van der Waals surface area contributed by atoms with Gasteiger partial charge in [0.25, 0.3) is 5.69 Å². The molecule has 8 heteroatoms. The number of hydrogen-bond donors (Lipinski definition) is 0. The Bertz CT molecular complexity index is 877. The lowest BCUT2D eigenvalue weighted by Crippen LogP contribution is -2.55. The molecule has 174 valence electrons. The average Bonchev–Trinajstić information content (AvgIpc) is 2.77. The van der Waals surface area contributed by atoms with Crippen LogP contribution in [0.3, 0.4) is 0 Å². The first-order valence-electron chi connectivity index (χ1n) is 11.2. The summed E-state index contributed by atoms with van der Waals surface area (Å²) in [6.45, 7) is 18.0. The van der Waals surface area contributed by atoms with Gasteiger partial charge in [-0.25, -0.2) is 4.79 Å². The summed E-state index contributed by atoms with van der Waals surface area (Å²) in [5.74, 6) is 0. The molecule has 3 rings (SSSR count). The van der Waals surface area contributed by atoms with Crippen molar-refractivity contribution in [1.82, 2.24) is 9.80 Å². The lowest BCUT2D eigenvalue weighted by Gasteiger charge is -2.43. The van der Waals surface area contributed by atoms with E-state index in [4.69, 9.17) is 4.74 Å². The summed E-state index contributed by atoms with van der Waals surface area (Å²) in [6, 6.07) is 3.90. The first kappa shape index (κ1) is 23.8. The number of nitro benzene ring substituents is 1. The quantitative estimate of drug-likeness (QED) is 0.497. The number of carbonyl (C=O) groups excluding carboxylic acids is 1. The van der Waals surface area contributed by atoms with Gasteiger partial charge in [-0.05, 0) is 39.7 Å². The number of nitro groups is 1. The monoisotopic (exact) mass is 442 g/mol. The van der Waals surface area contributed by atoms with Gasteiger partial charge in [-0.3, -0.25) is 15.0 Å². The molecule has 32 heavy (non-hydrogen) atoms. The van der Waals surface area contributed by atoms with Gasteiger partial charge < -0.3 is 14.5 Å². The molecule has 0 unspecified atom stereocenters. The number of ether oxygens (including phenoxy) is 1. The molecule has 0 N–H and O–H groups in total. The van der Waals surface area contributed by atoms with Crippen molar-refractivity contribution in [3.63, 3.8) is 0 Å². The molecule has 2 heterocycles. The SMILES string of the molecule is C=Cc1cc([N+](=O)[O-])c(C=C)cc1N1CCC(N2CCN(C(=O)OC(C)(C)C)CC2)CC1. The number of carbonyl (C=O) groups is 1. The molecule has 0 spiro atoms. The van der Waals surface area contributed by atoms with Crippen molar-refractivity contribution < 1.29 is 14.5 Å². The smallest absolute Gasteiger partial charge is 0.410 e.